The largest absolute Gasteiger partial charge is 0.375 e. The van der Waals surface area contributed by atoms with Crippen molar-refractivity contribution in [2.75, 3.05) is 16.2 Å². The van der Waals surface area contributed by atoms with E-state index in [1.807, 2.05) is 36.5 Å². The van der Waals surface area contributed by atoms with Crippen LogP contribution in [0.4, 0.5) is 17.1 Å². The van der Waals surface area contributed by atoms with E-state index in [1.165, 1.54) is 16.4 Å². The van der Waals surface area contributed by atoms with Crippen molar-refractivity contribution in [3.05, 3.63) is 112 Å². The molecule has 4 rings (SSSR count). The number of anilines is 2. The molecule has 35 heavy (non-hydrogen) atoms. The van der Waals surface area contributed by atoms with Gasteiger partial charge in [-0.1, -0.05) is 42.5 Å². The van der Waals surface area contributed by atoms with Crippen LogP contribution in [0.25, 0.3) is 0 Å². The maximum atomic E-state index is 13.3. The van der Waals surface area contributed by atoms with Crippen molar-refractivity contribution < 1.29 is 13.3 Å². The second kappa shape index (κ2) is 10.4. The molecule has 1 aromatic heterocycles. The Kier molecular flexibility index (Phi) is 7.11. The van der Waals surface area contributed by atoms with Gasteiger partial charge in [-0.25, -0.2) is 8.42 Å². The van der Waals surface area contributed by atoms with Gasteiger partial charge in [-0.3, -0.25) is 19.1 Å². The molecule has 0 aliphatic rings. The summed E-state index contributed by atoms with van der Waals surface area (Å²) in [6.07, 6.45) is 3.57. The molecule has 0 atom stereocenters. The number of sulfonamides is 1. The number of hydrogen-bond acceptors (Lipinski definition) is 6. The van der Waals surface area contributed by atoms with Crippen molar-refractivity contribution in [2.24, 2.45) is 0 Å². The van der Waals surface area contributed by atoms with Crippen LogP contribution in [0.2, 0.25) is 0 Å². The Morgan fingerprint density at radius 3 is 2.37 bits per heavy atom. The lowest BCUT2D eigenvalue weighted by molar-refractivity contribution is -0.384. The molecule has 0 spiro atoms. The van der Waals surface area contributed by atoms with Crippen LogP contribution in [-0.2, 0) is 23.1 Å². The number of para-hydroxylation sites is 1. The third-order valence-electron chi connectivity index (χ3n) is 5.56. The first-order chi connectivity index (χ1) is 16.9. The topological polar surface area (TPSA) is 110 Å². The van der Waals surface area contributed by atoms with E-state index >= 15 is 0 Å². The van der Waals surface area contributed by atoms with E-state index < -0.39 is 14.9 Å². The van der Waals surface area contributed by atoms with Gasteiger partial charge in [0.15, 0.2) is 0 Å². The van der Waals surface area contributed by atoms with E-state index in [0.717, 1.165) is 17.2 Å². The average Bonchev–Trinajstić information content (AvgIpc) is 3.37. The van der Waals surface area contributed by atoms with Gasteiger partial charge in [-0.05, 0) is 48.4 Å². The predicted octanol–water partition coefficient (Wildman–Crippen LogP) is 4.67. The van der Waals surface area contributed by atoms with Crippen LogP contribution >= 0.6 is 0 Å². The van der Waals surface area contributed by atoms with Crippen molar-refractivity contribution >= 4 is 27.1 Å². The number of nitrogens with one attached hydrogen (secondary N) is 1. The molecule has 1 heterocycles. The lowest BCUT2D eigenvalue weighted by Crippen LogP contribution is -2.30. The van der Waals surface area contributed by atoms with Gasteiger partial charge in [0, 0.05) is 31.5 Å². The molecule has 0 saturated heterocycles. The molecule has 0 saturated carbocycles. The van der Waals surface area contributed by atoms with Crippen LogP contribution in [0.3, 0.4) is 0 Å². The minimum Gasteiger partial charge on any atom is -0.375 e. The molecule has 4 aromatic rings. The third-order valence-corrected chi connectivity index (χ3v) is 7.46. The highest BCUT2D eigenvalue weighted by Crippen LogP contribution is 2.31. The molecule has 0 radical (unpaired) electrons. The van der Waals surface area contributed by atoms with Gasteiger partial charge < -0.3 is 5.32 Å². The van der Waals surface area contributed by atoms with E-state index in [1.54, 1.807) is 48.1 Å². The van der Waals surface area contributed by atoms with E-state index in [2.05, 4.69) is 10.4 Å². The van der Waals surface area contributed by atoms with Gasteiger partial charge in [-0.2, -0.15) is 5.10 Å². The summed E-state index contributed by atoms with van der Waals surface area (Å²) in [6.45, 7) is 2.80. The predicted molar refractivity (Wildman–Crippen MR) is 135 cm³/mol. The first-order valence-corrected chi connectivity index (χ1v) is 12.5. The van der Waals surface area contributed by atoms with E-state index in [-0.39, 0.29) is 22.8 Å². The lowest BCUT2D eigenvalue weighted by atomic mass is 10.1. The zero-order chi connectivity index (χ0) is 24.8. The zero-order valence-corrected chi connectivity index (χ0v) is 19.9. The molecule has 0 aliphatic heterocycles. The van der Waals surface area contributed by atoms with Gasteiger partial charge in [0.05, 0.1) is 22.1 Å². The monoisotopic (exact) mass is 491 g/mol. The molecular formula is C25H25N5O4S. The summed E-state index contributed by atoms with van der Waals surface area (Å²) in [4.78, 5) is 11.1. The van der Waals surface area contributed by atoms with Crippen LogP contribution in [0.5, 0.6) is 0 Å². The van der Waals surface area contributed by atoms with E-state index in [9.17, 15) is 18.5 Å². The SMILES string of the molecule is CCN(c1ccccc1)S(=O)(=O)c1ccc(NCc2ccccc2Cn2cccn2)c([N+](=O)[O-])c1. The summed E-state index contributed by atoms with van der Waals surface area (Å²) in [5, 5.41) is 19.2. The smallest absolute Gasteiger partial charge is 0.293 e. The summed E-state index contributed by atoms with van der Waals surface area (Å²) in [5.74, 6) is 0. The summed E-state index contributed by atoms with van der Waals surface area (Å²) in [6, 6.07) is 22.2. The van der Waals surface area contributed by atoms with Crippen molar-refractivity contribution in [2.45, 2.75) is 24.9 Å². The molecule has 180 valence electrons. The molecule has 0 bridgehead atoms. The molecule has 3 aromatic carbocycles. The number of hydrogen-bond donors (Lipinski definition) is 1. The molecule has 1 N–H and O–H groups in total. The molecule has 0 aliphatic carbocycles. The minimum absolute atomic E-state index is 0.139. The molecular weight excluding hydrogens is 466 g/mol. The molecule has 0 amide bonds. The second-order valence-electron chi connectivity index (χ2n) is 7.77. The Hall–Kier alpha value is -4.18. The number of nitrogens with zero attached hydrogens (tertiary/aromatic N) is 4. The maximum Gasteiger partial charge on any atom is 0.293 e. The average molecular weight is 492 g/mol. The first-order valence-electron chi connectivity index (χ1n) is 11.0. The number of benzene rings is 3. The molecule has 10 heteroatoms. The highest BCUT2D eigenvalue weighted by atomic mass is 32.2. The van der Waals surface area contributed by atoms with Gasteiger partial charge in [0.1, 0.15) is 5.69 Å². The quantitative estimate of drug-likeness (QED) is 0.255. The van der Waals surface area contributed by atoms with Crippen LogP contribution in [0, 0.1) is 10.1 Å². The standard InChI is InChI=1S/C25H25N5O4S/c1-2-29(22-11-4-3-5-12-22)35(33,34)23-13-14-24(25(17-23)30(31)32)26-18-20-9-6-7-10-21(20)19-28-16-8-15-27-28/h3-17,26H,2,18-19H2,1H3. The second-order valence-corrected chi connectivity index (χ2v) is 9.63. The number of nitro benzene ring substituents is 1. The van der Waals surface area contributed by atoms with Gasteiger partial charge in [0.2, 0.25) is 0 Å². The summed E-state index contributed by atoms with van der Waals surface area (Å²) in [5.41, 5.74) is 2.40. The van der Waals surface area contributed by atoms with Crippen molar-refractivity contribution in [3.63, 3.8) is 0 Å². The Labute approximate surface area is 203 Å². The summed E-state index contributed by atoms with van der Waals surface area (Å²) >= 11 is 0. The molecule has 0 unspecified atom stereocenters. The fourth-order valence-electron chi connectivity index (χ4n) is 3.83. The molecule has 9 nitrogen and oxygen atoms in total. The summed E-state index contributed by atoms with van der Waals surface area (Å²) in [7, 11) is -3.99. The van der Waals surface area contributed by atoms with Crippen LogP contribution in [-0.4, -0.2) is 29.7 Å². The highest BCUT2D eigenvalue weighted by molar-refractivity contribution is 7.92. The van der Waals surface area contributed by atoms with Crippen molar-refractivity contribution in [1.29, 1.82) is 0 Å². The Morgan fingerprint density at radius 1 is 1.00 bits per heavy atom. The normalized spacial score (nSPS) is 11.2. The lowest BCUT2D eigenvalue weighted by Gasteiger charge is -2.23. The Balaban J connectivity index is 1.60. The fraction of sp³-hybridized carbons (Fsp3) is 0.160. The number of nitro groups is 1. The zero-order valence-electron chi connectivity index (χ0n) is 19.1. The van der Waals surface area contributed by atoms with E-state index in [4.69, 9.17) is 0 Å². The number of aromatic nitrogens is 2. The Bertz CT molecular complexity index is 1410. The van der Waals surface area contributed by atoms with Crippen LogP contribution in [0.1, 0.15) is 18.1 Å². The molecule has 0 fully saturated rings. The minimum atomic E-state index is -3.99. The highest BCUT2D eigenvalue weighted by Gasteiger charge is 2.27. The van der Waals surface area contributed by atoms with Gasteiger partial charge in [-0.15, -0.1) is 0 Å². The Morgan fingerprint density at radius 2 is 1.71 bits per heavy atom. The van der Waals surface area contributed by atoms with Crippen LogP contribution in [0.15, 0.2) is 96.2 Å². The first kappa shape index (κ1) is 24.0. The van der Waals surface area contributed by atoms with Gasteiger partial charge in [0.25, 0.3) is 15.7 Å². The van der Waals surface area contributed by atoms with Crippen molar-refractivity contribution in [3.8, 4) is 0 Å². The number of rotatable bonds is 10. The maximum absolute atomic E-state index is 13.3. The van der Waals surface area contributed by atoms with E-state index in [0.29, 0.717) is 18.8 Å². The van der Waals surface area contributed by atoms with Crippen LogP contribution < -0.4 is 9.62 Å². The van der Waals surface area contributed by atoms with Crippen molar-refractivity contribution in [1.82, 2.24) is 9.78 Å². The third kappa shape index (κ3) is 5.33. The van der Waals surface area contributed by atoms with Gasteiger partial charge >= 0.3 is 0 Å². The fourth-order valence-corrected chi connectivity index (χ4v) is 5.32. The summed E-state index contributed by atoms with van der Waals surface area (Å²) < 4.78 is 29.6.